The van der Waals surface area contributed by atoms with Gasteiger partial charge in [0.2, 0.25) is 6.29 Å². The molecule has 8 nitrogen and oxygen atoms in total. The van der Waals surface area contributed by atoms with Gasteiger partial charge in [-0.25, -0.2) is 0 Å². The minimum atomic E-state index is -1.52. The summed E-state index contributed by atoms with van der Waals surface area (Å²) in [5, 5.41) is 39.3. The summed E-state index contributed by atoms with van der Waals surface area (Å²) in [7, 11) is 0. The Bertz CT molecular complexity index is 560. The molecule has 8 heteroatoms. The molecule has 0 spiro atoms. The first kappa shape index (κ1) is 19.5. The van der Waals surface area contributed by atoms with Crippen LogP contribution in [0.5, 0.6) is 11.5 Å². The number of carbonyl (C=O) groups is 1. The van der Waals surface area contributed by atoms with Gasteiger partial charge in [-0.1, -0.05) is 13.8 Å². The lowest BCUT2D eigenvalue weighted by Crippen LogP contribution is -2.60. The third kappa shape index (κ3) is 4.82. The summed E-state index contributed by atoms with van der Waals surface area (Å²) >= 11 is 0. The van der Waals surface area contributed by atoms with E-state index in [2.05, 4.69) is 0 Å². The summed E-state index contributed by atoms with van der Waals surface area (Å²) in [6.07, 6.45) is -6.16. The summed E-state index contributed by atoms with van der Waals surface area (Å²) in [6.45, 7) is 3.29. The first-order valence-corrected chi connectivity index (χ1v) is 8.15. The van der Waals surface area contributed by atoms with Gasteiger partial charge in [0.1, 0.15) is 42.5 Å². The van der Waals surface area contributed by atoms with Crippen LogP contribution in [-0.4, -0.2) is 63.7 Å². The van der Waals surface area contributed by atoms with Gasteiger partial charge in [-0.15, -0.1) is 0 Å². The Morgan fingerprint density at radius 2 is 1.80 bits per heavy atom. The normalized spacial score (nSPS) is 30.5. The van der Waals surface area contributed by atoms with Gasteiger partial charge in [0, 0.05) is 0 Å². The van der Waals surface area contributed by atoms with Crippen molar-refractivity contribution in [1.29, 1.82) is 0 Å². The van der Waals surface area contributed by atoms with Crippen LogP contribution >= 0.6 is 0 Å². The fourth-order valence-electron chi connectivity index (χ4n) is 2.28. The molecule has 6 atom stereocenters. The van der Waals surface area contributed by atoms with Crippen LogP contribution in [-0.2, 0) is 14.3 Å². The van der Waals surface area contributed by atoms with Crippen molar-refractivity contribution in [2.45, 2.75) is 51.0 Å². The van der Waals surface area contributed by atoms with E-state index >= 15 is 0 Å². The van der Waals surface area contributed by atoms with Crippen molar-refractivity contribution < 1.29 is 39.4 Å². The topological polar surface area (TPSA) is 126 Å². The van der Waals surface area contributed by atoms with E-state index in [4.69, 9.17) is 14.2 Å². The Hall–Kier alpha value is -1.87. The van der Waals surface area contributed by atoms with E-state index in [-0.39, 0.29) is 18.3 Å². The molecule has 1 aliphatic heterocycles. The van der Waals surface area contributed by atoms with E-state index < -0.39 is 36.7 Å². The second-order valence-corrected chi connectivity index (χ2v) is 6.07. The Morgan fingerprint density at radius 1 is 1.16 bits per heavy atom. The van der Waals surface area contributed by atoms with Crippen molar-refractivity contribution in [3.8, 4) is 11.5 Å². The Balaban J connectivity index is 2.01. The number of benzene rings is 1. The zero-order chi connectivity index (χ0) is 18.6. The fourth-order valence-corrected chi connectivity index (χ4v) is 2.28. The van der Waals surface area contributed by atoms with Crippen LogP contribution in [0.15, 0.2) is 24.3 Å². The molecule has 0 saturated carbocycles. The van der Waals surface area contributed by atoms with Gasteiger partial charge in [-0.2, -0.15) is 0 Å². The van der Waals surface area contributed by atoms with Gasteiger partial charge in [0.25, 0.3) is 0 Å². The van der Waals surface area contributed by atoms with Gasteiger partial charge in [-0.05, 0) is 30.7 Å². The Morgan fingerprint density at radius 3 is 2.40 bits per heavy atom. The van der Waals surface area contributed by atoms with E-state index in [0.29, 0.717) is 12.2 Å². The van der Waals surface area contributed by atoms with Crippen LogP contribution < -0.4 is 4.74 Å². The summed E-state index contributed by atoms with van der Waals surface area (Å²) in [6, 6.07) is 5.70. The molecular weight excluding hydrogens is 332 g/mol. The summed E-state index contributed by atoms with van der Waals surface area (Å²) in [4.78, 5) is 11.7. The Labute approximate surface area is 145 Å². The molecule has 0 aliphatic carbocycles. The van der Waals surface area contributed by atoms with E-state index in [1.165, 1.54) is 24.3 Å². The molecule has 1 unspecified atom stereocenters. The second kappa shape index (κ2) is 8.48. The number of hydrogen-bond donors (Lipinski definition) is 4. The quantitative estimate of drug-likeness (QED) is 0.532. The third-order valence-corrected chi connectivity index (χ3v) is 4.16. The number of ether oxygens (including phenoxy) is 3. The van der Waals surface area contributed by atoms with Crippen molar-refractivity contribution in [3.05, 3.63) is 24.3 Å². The highest BCUT2D eigenvalue weighted by atomic mass is 16.7. The highest BCUT2D eigenvalue weighted by molar-refractivity contribution is 5.71. The fraction of sp³-hybridized carbons (Fsp3) is 0.588. The van der Waals surface area contributed by atoms with Gasteiger partial charge in [0.05, 0.1) is 5.92 Å². The Kier molecular flexibility index (Phi) is 6.60. The molecule has 1 saturated heterocycles. The largest absolute Gasteiger partial charge is 0.508 e. The van der Waals surface area contributed by atoms with Crippen molar-refractivity contribution in [2.75, 3.05) is 6.61 Å². The highest BCUT2D eigenvalue weighted by Crippen LogP contribution is 2.25. The number of aliphatic hydroxyl groups is 3. The van der Waals surface area contributed by atoms with Gasteiger partial charge in [-0.3, -0.25) is 4.79 Å². The number of rotatable bonds is 6. The van der Waals surface area contributed by atoms with E-state index in [1.807, 2.05) is 6.92 Å². The molecule has 1 heterocycles. The van der Waals surface area contributed by atoms with E-state index in [1.54, 1.807) is 6.92 Å². The SMILES string of the molecule is CCC(C)C(=O)OC[C@H]1O[C@@H](Oc2ccc(O)cc2)[C@H](O)[C@@H](O)[C@@H]1O. The molecule has 0 amide bonds. The smallest absolute Gasteiger partial charge is 0.308 e. The molecule has 1 aromatic rings. The number of esters is 1. The zero-order valence-corrected chi connectivity index (χ0v) is 14.1. The van der Waals surface area contributed by atoms with Crippen molar-refractivity contribution in [1.82, 2.24) is 0 Å². The molecule has 0 bridgehead atoms. The van der Waals surface area contributed by atoms with Crippen molar-refractivity contribution in [2.24, 2.45) is 5.92 Å². The molecule has 4 N–H and O–H groups in total. The number of phenolic OH excluding ortho intramolecular Hbond substituents is 1. The number of hydrogen-bond acceptors (Lipinski definition) is 8. The monoisotopic (exact) mass is 356 g/mol. The predicted molar refractivity (Wildman–Crippen MR) is 85.8 cm³/mol. The highest BCUT2D eigenvalue weighted by Gasteiger charge is 2.45. The van der Waals surface area contributed by atoms with Crippen LogP contribution in [0.25, 0.3) is 0 Å². The first-order chi connectivity index (χ1) is 11.8. The second-order valence-electron chi connectivity index (χ2n) is 6.07. The summed E-state index contributed by atoms with van der Waals surface area (Å²) < 4.78 is 16.0. The number of aromatic hydroxyl groups is 1. The molecule has 140 valence electrons. The van der Waals surface area contributed by atoms with Gasteiger partial charge in [0.15, 0.2) is 0 Å². The van der Waals surface area contributed by atoms with Crippen LogP contribution in [0.1, 0.15) is 20.3 Å². The standard InChI is InChI=1S/C17H24O8/c1-3-9(2)16(22)23-8-12-13(19)14(20)15(21)17(25-12)24-11-6-4-10(18)5-7-11/h4-7,9,12-15,17-21H,3,8H2,1-2H3/t9?,12-,13-,14+,15-,17-/m1/s1. The lowest BCUT2D eigenvalue weighted by Gasteiger charge is -2.40. The maximum absolute atomic E-state index is 11.7. The molecule has 1 aliphatic rings. The van der Waals surface area contributed by atoms with Crippen LogP contribution in [0.2, 0.25) is 0 Å². The molecule has 25 heavy (non-hydrogen) atoms. The number of carbonyl (C=O) groups excluding carboxylic acids is 1. The number of phenols is 1. The molecule has 1 aromatic carbocycles. The summed E-state index contributed by atoms with van der Waals surface area (Å²) in [5.74, 6) is -0.390. The maximum atomic E-state index is 11.7. The van der Waals surface area contributed by atoms with Crippen LogP contribution in [0.4, 0.5) is 0 Å². The minimum absolute atomic E-state index is 0.0442. The van der Waals surface area contributed by atoms with Crippen LogP contribution in [0, 0.1) is 5.92 Å². The lowest BCUT2D eigenvalue weighted by atomic mass is 9.99. The average molecular weight is 356 g/mol. The summed E-state index contributed by atoms with van der Waals surface area (Å²) in [5.41, 5.74) is 0. The van der Waals surface area contributed by atoms with E-state index in [9.17, 15) is 25.2 Å². The molecular formula is C17H24O8. The van der Waals surface area contributed by atoms with Crippen molar-refractivity contribution in [3.63, 3.8) is 0 Å². The van der Waals surface area contributed by atoms with Crippen LogP contribution in [0.3, 0.4) is 0 Å². The third-order valence-electron chi connectivity index (χ3n) is 4.16. The molecule has 1 fully saturated rings. The average Bonchev–Trinajstić information content (AvgIpc) is 2.61. The van der Waals surface area contributed by atoms with Crippen molar-refractivity contribution >= 4 is 5.97 Å². The minimum Gasteiger partial charge on any atom is -0.508 e. The maximum Gasteiger partial charge on any atom is 0.308 e. The molecule has 2 rings (SSSR count). The van der Waals surface area contributed by atoms with Gasteiger partial charge < -0.3 is 34.6 Å². The molecule has 0 radical (unpaired) electrons. The zero-order valence-electron chi connectivity index (χ0n) is 14.1. The lowest BCUT2D eigenvalue weighted by molar-refractivity contribution is -0.278. The first-order valence-electron chi connectivity index (χ1n) is 8.15. The predicted octanol–water partition coefficient (Wildman–Crippen LogP) is 0.168. The molecule has 0 aromatic heterocycles. The van der Waals surface area contributed by atoms with E-state index in [0.717, 1.165) is 0 Å². The van der Waals surface area contributed by atoms with Gasteiger partial charge >= 0.3 is 5.97 Å². The number of aliphatic hydroxyl groups excluding tert-OH is 3.